The van der Waals surface area contributed by atoms with Crippen LogP contribution in [-0.4, -0.2) is 18.0 Å². The summed E-state index contributed by atoms with van der Waals surface area (Å²) >= 11 is 0. The number of hydrogen-bond donors (Lipinski definition) is 0. The van der Waals surface area contributed by atoms with E-state index in [0.29, 0.717) is 0 Å². The van der Waals surface area contributed by atoms with Crippen LogP contribution in [0.5, 0.6) is 0 Å². The summed E-state index contributed by atoms with van der Waals surface area (Å²) in [5.41, 5.74) is 0. The summed E-state index contributed by atoms with van der Waals surface area (Å²) in [5, 5.41) is 9.41. The second kappa shape index (κ2) is 31.3. The van der Waals surface area contributed by atoms with Crippen LogP contribution in [0.15, 0.2) is 0 Å². The molecule has 0 atom stereocenters. The van der Waals surface area contributed by atoms with Crippen molar-refractivity contribution in [2.75, 3.05) is 13.1 Å². The summed E-state index contributed by atoms with van der Waals surface area (Å²) in [7, 11) is 0. The minimum Gasteiger partial charge on any atom is -0.311 e. The van der Waals surface area contributed by atoms with Crippen molar-refractivity contribution in [3.8, 4) is 6.19 Å². The van der Waals surface area contributed by atoms with E-state index >= 15 is 0 Å². The molecule has 0 aliphatic rings. The highest BCUT2D eigenvalue weighted by atomic mass is 15.1. The molecule has 0 saturated heterocycles. The minimum absolute atomic E-state index is 0.979. The van der Waals surface area contributed by atoms with Gasteiger partial charge in [-0.2, -0.15) is 5.26 Å². The molecule has 2 nitrogen and oxygen atoms in total. The monoisotopic (exact) mass is 491 g/mol. The normalized spacial score (nSPS) is 11.1. The number of unbranched alkanes of at least 4 members (excludes halogenated alkanes) is 26. The second-order valence-electron chi connectivity index (χ2n) is 11.3. The molecule has 0 fully saturated rings. The van der Waals surface area contributed by atoms with Crippen molar-refractivity contribution in [2.45, 2.75) is 194 Å². The Hall–Kier alpha value is -0.710. The zero-order chi connectivity index (χ0) is 25.5. The molecule has 0 aromatic rings. The molecule has 35 heavy (non-hydrogen) atoms. The van der Waals surface area contributed by atoms with E-state index in [1.165, 1.54) is 180 Å². The third-order valence-corrected chi connectivity index (χ3v) is 7.70. The largest absolute Gasteiger partial charge is 0.311 e. The van der Waals surface area contributed by atoms with E-state index in [2.05, 4.69) is 20.0 Å². The summed E-state index contributed by atoms with van der Waals surface area (Å²) in [5.74, 6) is 0. The van der Waals surface area contributed by atoms with Gasteiger partial charge in [-0.05, 0) is 12.8 Å². The Morgan fingerprint density at radius 2 is 0.543 bits per heavy atom. The molecule has 0 aromatic carbocycles. The van der Waals surface area contributed by atoms with Gasteiger partial charge < -0.3 is 4.90 Å². The highest BCUT2D eigenvalue weighted by molar-refractivity contribution is 4.73. The van der Waals surface area contributed by atoms with Crippen molar-refractivity contribution in [1.82, 2.24) is 4.90 Å². The first-order valence-corrected chi connectivity index (χ1v) is 16.5. The van der Waals surface area contributed by atoms with Crippen molar-refractivity contribution in [3.05, 3.63) is 0 Å². The Balaban J connectivity index is 3.26. The van der Waals surface area contributed by atoms with Crippen molar-refractivity contribution < 1.29 is 0 Å². The summed E-state index contributed by atoms with van der Waals surface area (Å²) in [6.45, 7) is 6.54. The molecule has 2 heteroatoms. The van der Waals surface area contributed by atoms with Crippen LogP contribution in [0.25, 0.3) is 0 Å². The van der Waals surface area contributed by atoms with Crippen LogP contribution in [0.3, 0.4) is 0 Å². The van der Waals surface area contributed by atoms with Crippen LogP contribution < -0.4 is 0 Å². The Kier molecular flexibility index (Phi) is 30.7. The van der Waals surface area contributed by atoms with Gasteiger partial charge in [0.2, 0.25) is 0 Å². The van der Waals surface area contributed by atoms with Crippen molar-refractivity contribution in [3.63, 3.8) is 0 Å². The van der Waals surface area contributed by atoms with Gasteiger partial charge in [-0.15, -0.1) is 0 Å². The fourth-order valence-corrected chi connectivity index (χ4v) is 5.21. The molecule has 0 N–H and O–H groups in total. The van der Waals surface area contributed by atoms with Crippen LogP contribution in [0.1, 0.15) is 194 Å². The Labute approximate surface area is 223 Å². The van der Waals surface area contributed by atoms with Gasteiger partial charge in [0, 0.05) is 13.1 Å². The standard InChI is InChI=1S/C33H66N2/c1-3-5-7-9-11-13-15-17-19-21-23-25-27-29-31-35(33-34)32-30-28-26-24-22-20-18-16-14-12-10-8-6-4-2/h3-32H2,1-2H3. The Bertz CT molecular complexity index is 382. The Morgan fingerprint density at radius 3 is 0.743 bits per heavy atom. The van der Waals surface area contributed by atoms with Crippen molar-refractivity contribution in [1.29, 1.82) is 5.26 Å². The third-order valence-electron chi connectivity index (χ3n) is 7.70. The highest BCUT2D eigenvalue weighted by Gasteiger charge is 2.02. The van der Waals surface area contributed by atoms with Crippen molar-refractivity contribution >= 4 is 0 Å². The Morgan fingerprint density at radius 1 is 0.343 bits per heavy atom. The van der Waals surface area contributed by atoms with E-state index in [-0.39, 0.29) is 0 Å². The van der Waals surface area contributed by atoms with Gasteiger partial charge >= 0.3 is 0 Å². The van der Waals surface area contributed by atoms with Gasteiger partial charge in [-0.1, -0.05) is 181 Å². The number of hydrogen-bond acceptors (Lipinski definition) is 2. The van der Waals surface area contributed by atoms with Gasteiger partial charge in [-0.25, -0.2) is 0 Å². The third kappa shape index (κ3) is 29.4. The van der Waals surface area contributed by atoms with E-state index in [0.717, 1.165) is 13.1 Å². The van der Waals surface area contributed by atoms with Gasteiger partial charge in [0.05, 0.1) is 0 Å². The van der Waals surface area contributed by atoms with Crippen LogP contribution in [0.2, 0.25) is 0 Å². The average molecular weight is 491 g/mol. The summed E-state index contributed by atoms with van der Waals surface area (Å²) in [4.78, 5) is 2.01. The molecule has 0 heterocycles. The predicted molar refractivity (Wildman–Crippen MR) is 158 cm³/mol. The second-order valence-corrected chi connectivity index (χ2v) is 11.3. The quantitative estimate of drug-likeness (QED) is 0.0568. The maximum Gasteiger partial charge on any atom is 0.179 e. The topological polar surface area (TPSA) is 27.0 Å². The molecule has 0 aliphatic carbocycles. The van der Waals surface area contributed by atoms with Crippen LogP contribution in [-0.2, 0) is 0 Å². The van der Waals surface area contributed by atoms with Crippen LogP contribution in [0.4, 0.5) is 0 Å². The van der Waals surface area contributed by atoms with E-state index in [4.69, 9.17) is 0 Å². The lowest BCUT2D eigenvalue weighted by molar-refractivity contribution is 0.362. The summed E-state index contributed by atoms with van der Waals surface area (Å²) in [6.07, 6.45) is 41.5. The molecule has 0 rings (SSSR count). The molecule has 0 amide bonds. The first-order chi connectivity index (χ1) is 17.3. The first kappa shape index (κ1) is 34.3. The first-order valence-electron chi connectivity index (χ1n) is 16.5. The van der Waals surface area contributed by atoms with Gasteiger partial charge in [0.15, 0.2) is 6.19 Å². The molecule has 0 saturated carbocycles. The average Bonchev–Trinajstić information content (AvgIpc) is 2.87. The van der Waals surface area contributed by atoms with Gasteiger partial charge in [-0.3, -0.25) is 0 Å². The molecule has 0 aliphatic heterocycles. The number of nitrogens with zero attached hydrogens (tertiary/aromatic N) is 2. The molecule has 0 spiro atoms. The highest BCUT2D eigenvalue weighted by Crippen LogP contribution is 2.14. The molecular formula is C33H66N2. The van der Waals surface area contributed by atoms with Gasteiger partial charge in [0.25, 0.3) is 0 Å². The molecule has 0 unspecified atom stereocenters. The van der Waals surface area contributed by atoms with Crippen LogP contribution >= 0.6 is 0 Å². The summed E-state index contributed by atoms with van der Waals surface area (Å²) < 4.78 is 0. The maximum absolute atomic E-state index is 9.41. The smallest absolute Gasteiger partial charge is 0.179 e. The van der Waals surface area contributed by atoms with E-state index in [1.54, 1.807) is 0 Å². The fraction of sp³-hybridized carbons (Fsp3) is 0.970. The summed E-state index contributed by atoms with van der Waals surface area (Å²) in [6, 6.07) is 0. The van der Waals surface area contributed by atoms with Crippen LogP contribution in [0, 0.1) is 11.5 Å². The lowest BCUT2D eigenvalue weighted by atomic mass is 10.0. The lowest BCUT2D eigenvalue weighted by Crippen LogP contribution is -2.20. The molecule has 0 bridgehead atoms. The van der Waals surface area contributed by atoms with E-state index < -0.39 is 0 Å². The molecular weight excluding hydrogens is 424 g/mol. The molecule has 0 radical (unpaired) electrons. The zero-order valence-electron chi connectivity index (χ0n) is 24.6. The molecule has 208 valence electrons. The number of nitriles is 1. The SMILES string of the molecule is CCCCCCCCCCCCCCCCN(C#N)CCCCCCCCCCCCCCCC. The zero-order valence-corrected chi connectivity index (χ0v) is 24.6. The maximum atomic E-state index is 9.41. The minimum atomic E-state index is 0.979. The fourth-order valence-electron chi connectivity index (χ4n) is 5.21. The predicted octanol–water partition coefficient (Wildman–Crippen LogP) is 11.7. The number of rotatable bonds is 30. The van der Waals surface area contributed by atoms with Crippen molar-refractivity contribution in [2.24, 2.45) is 0 Å². The molecule has 0 aromatic heterocycles. The lowest BCUT2D eigenvalue weighted by Gasteiger charge is -2.15. The van der Waals surface area contributed by atoms with E-state index in [1.807, 2.05) is 4.90 Å². The van der Waals surface area contributed by atoms with E-state index in [9.17, 15) is 5.26 Å². The van der Waals surface area contributed by atoms with Gasteiger partial charge in [0.1, 0.15) is 0 Å².